The lowest BCUT2D eigenvalue weighted by Gasteiger charge is -2.26. The van der Waals surface area contributed by atoms with Crippen LogP contribution in [-0.2, 0) is 16.4 Å². The molecule has 0 aliphatic heterocycles. The van der Waals surface area contributed by atoms with Crippen molar-refractivity contribution < 1.29 is 13.2 Å². The lowest BCUT2D eigenvalue weighted by atomic mass is 9.87. The topological polar surface area (TPSA) is 66.5 Å². The van der Waals surface area contributed by atoms with Gasteiger partial charge in [0.15, 0.2) is 0 Å². The number of nitrogens with one attached hydrogen (secondary N) is 1. The maximum absolute atomic E-state index is 12.7. The number of carbonyl (C=O) groups excluding carboxylic acids is 1. The van der Waals surface area contributed by atoms with E-state index in [9.17, 15) is 13.2 Å². The minimum Gasteiger partial charge on any atom is -0.345 e. The number of aryl methyl sites for hydroxylation is 1. The Hall–Kier alpha value is -2.05. The molecule has 0 radical (unpaired) electrons. The summed E-state index contributed by atoms with van der Waals surface area (Å²) in [7, 11) is -1.94. The molecule has 26 heavy (non-hydrogen) atoms. The molecule has 0 spiro atoms. The number of fused-ring (bicyclic) bond motifs is 1. The highest BCUT2D eigenvalue weighted by Gasteiger charge is 2.23. The van der Waals surface area contributed by atoms with Gasteiger partial charge in [-0.15, -0.1) is 0 Å². The summed E-state index contributed by atoms with van der Waals surface area (Å²) in [6.07, 6.45) is 4.04. The second-order valence-corrected chi connectivity index (χ2v) is 8.93. The van der Waals surface area contributed by atoms with Gasteiger partial charge in [-0.25, -0.2) is 8.42 Å². The molecule has 3 rings (SSSR count). The molecule has 5 nitrogen and oxygen atoms in total. The number of halogens is 1. The third-order valence-electron chi connectivity index (χ3n) is 4.73. The molecule has 2 aromatic carbocycles. The summed E-state index contributed by atoms with van der Waals surface area (Å²) in [5.74, 6) is -0.259. The second kappa shape index (κ2) is 7.29. The quantitative estimate of drug-likeness (QED) is 0.865. The van der Waals surface area contributed by atoms with E-state index in [2.05, 4.69) is 11.4 Å². The third-order valence-corrected chi connectivity index (χ3v) is 6.25. The van der Waals surface area contributed by atoms with Crippen LogP contribution in [0.25, 0.3) is 0 Å². The van der Waals surface area contributed by atoms with Gasteiger partial charge in [-0.3, -0.25) is 9.10 Å². The normalized spacial score (nSPS) is 16.7. The minimum absolute atomic E-state index is 0.0399. The summed E-state index contributed by atoms with van der Waals surface area (Å²) in [5, 5.41) is 3.28. The summed E-state index contributed by atoms with van der Waals surface area (Å²) in [6, 6.07) is 12.7. The molecule has 0 saturated carbocycles. The summed E-state index contributed by atoms with van der Waals surface area (Å²) < 4.78 is 24.4. The van der Waals surface area contributed by atoms with Gasteiger partial charge in [-0.2, -0.15) is 0 Å². The molecule has 0 bridgehead atoms. The number of carbonyl (C=O) groups is 1. The third kappa shape index (κ3) is 3.86. The second-order valence-electron chi connectivity index (χ2n) is 6.51. The first-order valence-corrected chi connectivity index (χ1v) is 10.6. The van der Waals surface area contributed by atoms with E-state index in [1.165, 1.54) is 18.7 Å². The Morgan fingerprint density at radius 1 is 1.23 bits per heavy atom. The van der Waals surface area contributed by atoms with E-state index in [4.69, 9.17) is 11.6 Å². The number of benzene rings is 2. The van der Waals surface area contributed by atoms with Gasteiger partial charge in [-0.05, 0) is 48.6 Å². The van der Waals surface area contributed by atoms with E-state index in [0.29, 0.717) is 11.3 Å². The van der Waals surface area contributed by atoms with E-state index in [1.807, 2.05) is 18.2 Å². The van der Waals surface area contributed by atoms with Crippen molar-refractivity contribution >= 4 is 33.2 Å². The van der Waals surface area contributed by atoms with Crippen LogP contribution in [0.3, 0.4) is 0 Å². The van der Waals surface area contributed by atoms with E-state index < -0.39 is 10.0 Å². The number of nitrogens with zero attached hydrogens (tertiary/aromatic N) is 1. The number of anilines is 1. The molecule has 1 aliphatic rings. The molecular formula is C19H21ClN2O3S. The van der Waals surface area contributed by atoms with E-state index >= 15 is 0 Å². The monoisotopic (exact) mass is 392 g/mol. The number of amides is 1. The van der Waals surface area contributed by atoms with Crippen LogP contribution in [0.1, 0.15) is 40.4 Å². The molecule has 1 N–H and O–H groups in total. The predicted octanol–water partition coefficient (Wildman–Crippen LogP) is 3.54. The van der Waals surface area contributed by atoms with Crippen molar-refractivity contribution in [2.24, 2.45) is 0 Å². The zero-order valence-electron chi connectivity index (χ0n) is 14.7. The fourth-order valence-electron chi connectivity index (χ4n) is 3.22. The standard InChI is InChI=1S/C19H21ClN2O3S/c1-22(26(2,24)25)14-10-11-16(17(20)12-14)19(23)21-18-9-5-7-13-6-3-4-8-15(13)18/h3-4,6,8,10-12,18H,5,7,9H2,1-2H3,(H,21,23)/t18-/m1/s1. The first kappa shape index (κ1) is 18.7. The molecule has 0 unspecified atom stereocenters. The average molecular weight is 393 g/mol. The molecule has 2 aromatic rings. The highest BCUT2D eigenvalue weighted by Crippen LogP contribution is 2.30. The minimum atomic E-state index is -3.39. The van der Waals surface area contributed by atoms with Crippen LogP contribution >= 0.6 is 11.6 Å². The summed E-state index contributed by atoms with van der Waals surface area (Å²) >= 11 is 6.25. The summed E-state index contributed by atoms with van der Waals surface area (Å²) in [4.78, 5) is 12.7. The molecular weight excluding hydrogens is 372 g/mol. The molecule has 138 valence electrons. The lowest BCUT2D eigenvalue weighted by Crippen LogP contribution is -2.31. The Labute approximate surface area is 159 Å². The summed E-state index contributed by atoms with van der Waals surface area (Å²) in [5.41, 5.74) is 3.16. The number of sulfonamides is 1. The van der Waals surface area contributed by atoms with Crippen LogP contribution in [0.4, 0.5) is 5.69 Å². The maximum Gasteiger partial charge on any atom is 0.253 e. The molecule has 0 aromatic heterocycles. The molecule has 0 saturated heterocycles. The van der Waals surface area contributed by atoms with Crippen molar-refractivity contribution in [2.75, 3.05) is 17.6 Å². The van der Waals surface area contributed by atoms with E-state index in [0.717, 1.165) is 35.4 Å². The van der Waals surface area contributed by atoms with Gasteiger partial charge >= 0.3 is 0 Å². The molecule has 0 fully saturated rings. The van der Waals surface area contributed by atoms with E-state index in [1.54, 1.807) is 12.1 Å². The van der Waals surface area contributed by atoms with Gasteiger partial charge in [-0.1, -0.05) is 35.9 Å². The largest absolute Gasteiger partial charge is 0.345 e. The van der Waals surface area contributed by atoms with Gasteiger partial charge in [0.1, 0.15) is 0 Å². The van der Waals surface area contributed by atoms with Crippen LogP contribution in [0.2, 0.25) is 5.02 Å². The van der Waals surface area contributed by atoms with Crippen molar-refractivity contribution in [3.05, 3.63) is 64.2 Å². The number of rotatable bonds is 4. The molecule has 0 heterocycles. The first-order valence-electron chi connectivity index (χ1n) is 8.39. The molecule has 7 heteroatoms. The highest BCUT2D eigenvalue weighted by atomic mass is 35.5. The Balaban J connectivity index is 1.81. The van der Waals surface area contributed by atoms with Gasteiger partial charge in [0.25, 0.3) is 5.91 Å². The first-order chi connectivity index (χ1) is 12.3. The summed E-state index contributed by atoms with van der Waals surface area (Å²) in [6.45, 7) is 0. The smallest absolute Gasteiger partial charge is 0.253 e. The van der Waals surface area contributed by atoms with Crippen molar-refractivity contribution in [3.8, 4) is 0 Å². The van der Waals surface area contributed by atoms with Gasteiger partial charge in [0.05, 0.1) is 28.6 Å². The number of hydrogen-bond donors (Lipinski definition) is 1. The highest BCUT2D eigenvalue weighted by molar-refractivity contribution is 7.92. The Kier molecular flexibility index (Phi) is 5.25. The predicted molar refractivity (Wildman–Crippen MR) is 104 cm³/mol. The van der Waals surface area contributed by atoms with Crippen molar-refractivity contribution in [2.45, 2.75) is 25.3 Å². The van der Waals surface area contributed by atoms with Gasteiger partial charge < -0.3 is 5.32 Å². The Morgan fingerprint density at radius 3 is 2.65 bits per heavy atom. The number of hydrogen-bond acceptors (Lipinski definition) is 3. The fourth-order valence-corrected chi connectivity index (χ4v) is 3.97. The molecule has 1 amide bonds. The molecule has 1 atom stereocenters. The van der Waals surface area contributed by atoms with E-state index in [-0.39, 0.29) is 17.0 Å². The lowest BCUT2D eigenvalue weighted by molar-refractivity contribution is 0.0933. The van der Waals surface area contributed by atoms with Crippen LogP contribution in [0.5, 0.6) is 0 Å². The van der Waals surface area contributed by atoms with Gasteiger partial charge in [0, 0.05) is 7.05 Å². The maximum atomic E-state index is 12.7. The SMILES string of the molecule is CN(c1ccc(C(=O)N[C@@H]2CCCc3ccccc32)c(Cl)c1)S(C)(=O)=O. The van der Waals surface area contributed by atoms with Crippen LogP contribution in [0.15, 0.2) is 42.5 Å². The van der Waals surface area contributed by atoms with Crippen molar-refractivity contribution in [3.63, 3.8) is 0 Å². The zero-order valence-corrected chi connectivity index (χ0v) is 16.3. The Morgan fingerprint density at radius 2 is 1.96 bits per heavy atom. The fraction of sp³-hybridized carbons (Fsp3) is 0.316. The van der Waals surface area contributed by atoms with Crippen molar-refractivity contribution in [1.82, 2.24) is 5.32 Å². The van der Waals surface area contributed by atoms with Crippen molar-refractivity contribution in [1.29, 1.82) is 0 Å². The van der Waals surface area contributed by atoms with Gasteiger partial charge in [0.2, 0.25) is 10.0 Å². The van der Waals surface area contributed by atoms with Crippen LogP contribution in [-0.4, -0.2) is 27.6 Å². The van der Waals surface area contributed by atoms with Crippen LogP contribution in [0, 0.1) is 0 Å². The Bertz CT molecular complexity index is 944. The van der Waals surface area contributed by atoms with Crippen LogP contribution < -0.4 is 9.62 Å². The zero-order chi connectivity index (χ0) is 18.9. The molecule has 1 aliphatic carbocycles. The average Bonchev–Trinajstić information content (AvgIpc) is 2.60.